The molecule has 0 fully saturated rings. The summed E-state index contributed by atoms with van der Waals surface area (Å²) >= 11 is 0. The Morgan fingerprint density at radius 3 is 2.89 bits per heavy atom. The standard InChI is InChI=1S/C15H23N3O/c1-15(19,13-7-3-2-4-8-13)9-12-18-14-16-10-5-6-11-17-14/h2-4,7-8,19H,5-6,9-12H2,1H3,(H2,16,17,18)/t15-/m0/s1. The molecule has 0 bridgehead atoms. The van der Waals surface area contributed by atoms with E-state index in [1.807, 2.05) is 37.3 Å². The summed E-state index contributed by atoms with van der Waals surface area (Å²) in [4.78, 5) is 4.43. The van der Waals surface area contributed by atoms with Crippen LogP contribution in [0.5, 0.6) is 0 Å². The Balaban J connectivity index is 1.83. The summed E-state index contributed by atoms with van der Waals surface area (Å²) < 4.78 is 0. The van der Waals surface area contributed by atoms with Crippen LogP contribution < -0.4 is 10.6 Å². The number of hydrogen-bond acceptors (Lipinski definition) is 4. The van der Waals surface area contributed by atoms with Crippen molar-refractivity contribution in [2.24, 2.45) is 4.99 Å². The molecule has 19 heavy (non-hydrogen) atoms. The number of aliphatic hydroxyl groups is 1. The first-order valence-corrected chi connectivity index (χ1v) is 6.98. The van der Waals surface area contributed by atoms with E-state index >= 15 is 0 Å². The summed E-state index contributed by atoms with van der Waals surface area (Å²) in [7, 11) is 0. The second kappa shape index (κ2) is 6.57. The van der Waals surface area contributed by atoms with Crippen LogP contribution in [0.15, 0.2) is 35.3 Å². The largest absolute Gasteiger partial charge is 0.385 e. The lowest BCUT2D eigenvalue weighted by molar-refractivity contribution is 0.0492. The zero-order valence-electron chi connectivity index (χ0n) is 11.5. The van der Waals surface area contributed by atoms with Gasteiger partial charge in [-0.2, -0.15) is 0 Å². The molecule has 1 aliphatic heterocycles. The van der Waals surface area contributed by atoms with Gasteiger partial charge in [-0.05, 0) is 31.7 Å². The van der Waals surface area contributed by atoms with Gasteiger partial charge >= 0.3 is 0 Å². The predicted molar refractivity (Wildman–Crippen MR) is 78.2 cm³/mol. The Morgan fingerprint density at radius 2 is 2.11 bits per heavy atom. The van der Waals surface area contributed by atoms with Gasteiger partial charge in [0.25, 0.3) is 0 Å². The molecule has 0 aromatic heterocycles. The Labute approximate surface area is 114 Å². The van der Waals surface area contributed by atoms with Crippen molar-refractivity contribution in [3.8, 4) is 0 Å². The van der Waals surface area contributed by atoms with Gasteiger partial charge in [-0.15, -0.1) is 0 Å². The van der Waals surface area contributed by atoms with E-state index in [1.165, 1.54) is 0 Å². The van der Waals surface area contributed by atoms with Crippen molar-refractivity contribution >= 4 is 5.96 Å². The summed E-state index contributed by atoms with van der Waals surface area (Å²) in [6.07, 6.45) is 2.95. The highest BCUT2D eigenvalue weighted by Gasteiger charge is 2.22. The van der Waals surface area contributed by atoms with Crippen LogP contribution in [-0.2, 0) is 5.60 Å². The number of aliphatic imine (C=N–C) groups is 1. The van der Waals surface area contributed by atoms with Crippen molar-refractivity contribution in [1.82, 2.24) is 10.6 Å². The number of benzene rings is 1. The summed E-state index contributed by atoms with van der Waals surface area (Å²) in [5, 5.41) is 17.0. The number of nitrogens with one attached hydrogen (secondary N) is 2. The number of nitrogens with zero attached hydrogens (tertiary/aromatic N) is 1. The fourth-order valence-electron chi connectivity index (χ4n) is 2.17. The molecule has 0 saturated heterocycles. The molecule has 0 unspecified atom stereocenters. The first kappa shape index (κ1) is 13.9. The van der Waals surface area contributed by atoms with Crippen LogP contribution >= 0.6 is 0 Å². The van der Waals surface area contributed by atoms with Gasteiger partial charge in [0.2, 0.25) is 0 Å². The molecule has 4 heteroatoms. The molecule has 0 saturated carbocycles. The van der Waals surface area contributed by atoms with Crippen LogP contribution in [0.4, 0.5) is 0 Å². The molecule has 1 aromatic rings. The zero-order chi connectivity index (χ0) is 13.6. The lowest BCUT2D eigenvalue weighted by atomic mass is 9.93. The molecule has 0 radical (unpaired) electrons. The first-order chi connectivity index (χ1) is 9.18. The maximum Gasteiger partial charge on any atom is 0.191 e. The average Bonchev–Trinajstić information content (AvgIpc) is 2.68. The molecule has 1 heterocycles. The van der Waals surface area contributed by atoms with Gasteiger partial charge in [-0.25, -0.2) is 0 Å². The molecule has 4 nitrogen and oxygen atoms in total. The third-order valence-corrected chi connectivity index (χ3v) is 3.45. The molecule has 1 atom stereocenters. The highest BCUT2D eigenvalue weighted by Crippen LogP contribution is 2.23. The summed E-state index contributed by atoms with van der Waals surface area (Å²) in [5.41, 5.74) is 0.145. The highest BCUT2D eigenvalue weighted by atomic mass is 16.3. The van der Waals surface area contributed by atoms with Gasteiger partial charge in [0, 0.05) is 19.6 Å². The molecular weight excluding hydrogens is 238 g/mol. The number of rotatable bonds is 4. The molecule has 104 valence electrons. The Hall–Kier alpha value is -1.55. The summed E-state index contributed by atoms with van der Waals surface area (Å²) in [6, 6.07) is 9.78. The molecule has 0 amide bonds. The Bertz CT molecular complexity index is 415. The lowest BCUT2D eigenvalue weighted by Gasteiger charge is -2.24. The van der Waals surface area contributed by atoms with Crippen LogP contribution in [0.25, 0.3) is 0 Å². The van der Waals surface area contributed by atoms with Crippen molar-refractivity contribution < 1.29 is 5.11 Å². The molecule has 1 aliphatic rings. The smallest absolute Gasteiger partial charge is 0.191 e. The molecular formula is C15H23N3O. The van der Waals surface area contributed by atoms with Gasteiger partial charge in [0.1, 0.15) is 0 Å². The van der Waals surface area contributed by atoms with Crippen molar-refractivity contribution in [3.05, 3.63) is 35.9 Å². The minimum Gasteiger partial charge on any atom is -0.385 e. The Morgan fingerprint density at radius 1 is 1.32 bits per heavy atom. The monoisotopic (exact) mass is 261 g/mol. The van der Waals surface area contributed by atoms with Crippen molar-refractivity contribution in [1.29, 1.82) is 0 Å². The van der Waals surface area contributed by atoms with Gasteiger partial charge in [0.15, 0.2) is 5.96 Å². The van der Waals surface area contributed by atoms with E-state index < -0.39 is 5.60 Å². The van der Waals surface area contributed by atoms with Crippen molar-refractivity contribution in [2.45, 2.75) is 31.8 Å². The minimum atomic E-state index is -0.806. The predicted octanol–water partition coefficient (Wildman–Crippen LogP) is 1.61. The molecule has 0 aliphatic carbocycles. The van der Waals surface area contributed by atoms with E-state index in [0.717, 1.165) is 37.5 Å². The van der Waals surface area contributed by atoms with Crippen LogP contribution in [-0.4, -0.2) is 30.7 Å². The van der Waals surface area contributed by atoms with E-state index in [2.05, 4.69) is 15.6 Å². The highest BCUT2D eigenvalue weighted by molar-refractivity contribution is 5.79. The summed E-state index contributed by atoms with van der Waals surface area (Å²) in [6.45, 7) is 4.41. The maximum absolute atomic E-state index is 10.5. The van der Waals surface area contributed by atoms with Gasteiger partial charge < -0.3 is 15.7 Å². The minimum absolute atomic E-state index is 0.651. The van der Waals surface area contributed by atoms with Gasteiger partial charge in [-0.1, -0.05) is 30.3 Å². The maximum atomic E-state index is 10.5. The fraction of sp³-hybridized carbons (Fsp3) is 0.533. The molecule has 0 spiro atoms. The normalized spacial score (nSPS) is 18.7. The van der Waals surface area contributed by atoms with E-state index in [-0.39, 0.29) is 0 Å². The van der Waals surface area contributed by atoms with E-state index in [4.69, 9.17) is 0 Å². The third-order valence-electron chi connectivity index (χ3n) is 3.45. The number of hydrogen-bond donors (Lipinski definition) is 3. The number of guanidine groups is 1. The average molecular weight is 261 g/mol. The van der Waals surface area contributed by atoms with E-state index in [1.54, 1.807) is 0 Å². The Kier molecular flexibility index (Phi) is 4.80. The van der Waals surface area contributed by atoms with E-state index in [9.17, 15) is 5.11 Å². The second-order valence-electron chi connectivity index (χ2n) is 5.18. The molecule has 2 rings (SSSR count). The zero-order valence-corrected chi connectivity index (χ0v) is 11.5. The first-order valence-electron chi connectivity index (χ1n) is 6.98. The van der Waals surface area contributed by atoms with Gasteiger partial charge in [0.05, 0.1) is 5.60 Å². The van der Waals surface area contributed by atoms with E-state index in [0.29, 0.717) is 13.0 Å². The van der Waals surface area contributed by atoms with Crippen molar-refractivity contribution in [2.75, 3.05) is 19.6 Å². The third kappa shape index (κ3) is 4.24. The molecule has 3 N–H and O–H groups in total. The van der Waals surface area contributed by atoms with Crippen LogP contribution in [0.1, 0.15) is 31.7 Å². The van der Waals surface area contributed by atoms with Crippen molar-refractivity contribution in [3.63, 3.8) is 0 Å². The van der Waals surface area contributed by atoms with Crippen LogP contribution in [0.2, 0.25) is 0 Å². The lowest BCUT2D eigenvalue weighted by Crippen LogP contribution is -2.39. The van der Waals surface area contributed by atoms with Crippen LogP contribution in [0, 0.1) is 0 Å². The topological polar surface area (TPSA) is 56.6 Å². The molecule has 1 aromatic carbocycles. The quantitative estimate of drug-likeness (QED) is 0.772. The fourth-order valence-corrected chi connectivity index (χ4v) is 2.17. The second-order valence-corrected chi connectivity index (χ2v) is 5.18. The van der Waals surface area contributed by atoms with Crippen LogP contribution in [0.3, 0.4) is 0 Å². The summed E-state index contributed by atoms with van der Waals surface area (Å²) in [5.74, 6) is 0.862. The van der Waals surface area contributed by atoms with Gasteiger partial charge in [-0.3, -0.25) is 4.99 Å². The SMILES string of the molecule is C[C@](O)(CCNC1=NCCCCN1)c1ccccc1.